The van der Waals surface area contributed by atoms with Crippen LogP contribution in [0.5, 0.6) is 11.5 Å². The first kappa shape index (κ1) is 20.2. The van der Waals surface area contributed by atoms with Gasteiger partial charge in [0.1, 0.15) is 0 Å². The molecular formula is C23H24N2O4. The molecule has 0 spiro atoms. The van der Waals surface area contributed by atoms with Gasteiger partial charge in [0, 0.05) is 26.2 Å². The lowest BCUT2D eigenvalue weighted by Gasteiger charge is -2.14. The van der Waals surface area contributed by atoms with Gasteiger partial charge in [0.05, 0.1) is 7.11 Å². The molecule has 150 valence electrons. The fourth-order valence-corrected chi connectivity index (χ4v) is 2.82. The Labute approximate surface area is 170 Å². The van der Waals surface area contributed by atoms with Gasteiger partial charge in [-0.1, -0.05) is 36.4 Å². The molecule has 0 bridgehead atoms. The maximum Gasteiger partial charge on any atom is 0.259 e. The van der Waals surface area contributed by atoms with Gasteiger partial charge in [-0.15, -0.1) is 0 Å². The number of amides is 2. The third-order valence-corrected chi connectivity index (χ3v) is 4.54. The Balaban J connectivity index is 1.64. The number of carbonyl (C=O) groups excluding carboxylic acids is 2. The molecule has 0 atom stereocenters. The molecule has 0 unspecified atom stereocenters. The van der Waals surface area contributed by atoms with E-state index >= 15 is 0 Å². The second-order valence-corrected chi connectivity index (χ2v) is 6.81. The number of nitrogens with one attached hydrogen (secondary N) is 1. The normalized spacial score (nSPS) is 10.4. The topological polar surface area (TPSA) is 67.9 Å². The Bertz CT molecular complexity index is 1030. The lowest BCUT2D eigenvalue weighted by molar-refractivity contribution is -0.130. The quantitative estimate of drug-likeness (QED) is 0.670. The zero-order valence-electron chi connectivity index (χ0n) is 16.8. The summed E-state index contributed by atoms with van der Waals surface area (Å²) in [6.45, 7) is 0.278. The van der Waals surface area contributed by atoms with Crippen molar-refractivity contribution >= 4 is 22.6 Å². The number of likely N-dealkylation sites (N-methyl/N-ethyl adjacent to an activating group) is 1. The molecule has 3 aromatic rings. The van der Waals surface area contributed by atoms with E-state index in [2.05, 4.69) is 5.32 Å². The largest absolute Gasteiger partial charge is 0.493 e. The number of methoxy groups -OCH3 is 1. The van der Waals surface area contributed by atoms with Gasteiger partial charge in [0.2, 0.25) is 0 Å². The summed E-state index contributed by atoms with van der Waals surface area (Å²) < 4.78 is 10.9. The van der Waals surface area contributed by atoms with Crippen molar-refractivity contribution in [3.8, 4) is 11.5 Å². The van der Waals surface area contributed by atoms with Crippen LogP contribution < -0.4 is 14.8 Å². The van der Waals surface area contributed by atoms with Crippen LogP contribution in [0, 0.1) is 0 Å². The molecule has 6 heteroatoms. The van der Waals surface area contributed by atoms with E-state index in [4.69, 9.17) is 9.47 Å². The highest BCUT2D eigenvalue weighted by molar-refractivity contribution is 5.98. The molecular weight excluding hydrogens is 368 g/mol. The van der Waals surface area contributed by atoms with Gasteiger partial charge in [-0.3, -0.25) is 9.59 Å². The molecule has 29 heavy (non-hydrogen) atoms. The first-order valence-electron chi connectivity index (χ1n) is 9.25. The minimum Gasteiger partial charge on any atom is -0.493 e. The fraction of sp³-hybridized carbons (Fsp3) is 0.217. The highest BCUT2D eigenvalue weighted by atomic mass is 16.5. The summed E-state index contributed by atoms with van der Waals surface area (Å²) in [5.74, 6) is 0.701. The Hall–Kier alpha value is -3.54. The van der Waals surface area contributed by atoms with Crippen molar-refractivity contribution in [1.29, 1.82) is 0 Å². The number of nitrogens with zero attached hydrogens (tertiary/aromatic N) is 1. The Morgan fingerprint density at radius 1 is 0.931 bits per heavy atom. The van der Waals surface area contributed by atoms with E-state index in [1.807, 2.05) is 48.5 Å². The van der Waals surface area contributed by atoms with Crippen molar-refractivity contribution in [3.05, 3.63) is 71.8 Å². The maximum absolute atomic E-state index is 12.5. The average molecular weight is 392 g/mol. The van der Waals surface area contributed by atoms with E-state index in [1.165, 1.54) is 12.0 Å². The highest BCUT2D eigenvalue weighted by Gasteiger charge is 2.11. The number of rotatable bonds is 7. The van der Waals surface area contributed by atoms with Gasteiger partial charge in [-0.05, 0) is 40.6 Å². The van der Waals surface area contributed by atoms with Crippen LogP contribution in [0.4, 0.5) is 0 Å². The molecule has 0 fully saturated rings. The van der Waals surface area contributed by atoms with Crippen molar-refractivity contribution in [2.45, 2.75) is 6.54 Å². The predicted molar refractivity (Wildman–Crippen MR) is 112 cm³/mol. The summed E-state index contributed by atoms with van der Waals surface area (Å²) in [6, 6.07) is 18.9. The van der Waals surface area contributed by atoms with Crippen LogP contribution in [0.1, 0.15) is 15.9 Å². The van der Waals surface area contributed by atoms with Gasteiger partial charge < -0.3 is 19.7 Å². The summed E-state index contributed by atoms with van der Waals surface area (Å²) in [7, 11) is 4.88. The van der Waals surface area contributed by atoms with Crippen LogP contribution in [-0.4, -0.2) is 44.5 Å². The smallest absolute Gasteiger partial charge is 0.259 e. The van der Waals surface area contributed by atoms with Gasteiger partial charge in [0.15, 0.2) is 18.1 Å². The molecule has 6 nitrogen and oxygen atoms in total. The number of hydrogen-bond donors (Lipinski definition) is 1. The molecule has 0 aliphatic carbocycles. The van der Waals surface area contributed by atoms with Gasteiger partial charge in [-0.25, -0.2) is 0 Å². The standard InChI is InChI=1S/C23H24N2O4/c1-25(2)22(26)15-29-20-11-8-16(12-21(20)28-3)14-24-23(27)19-10-9-17-6-4-5-7-18(17)13-19/h4-13H,14-15H2,1-3H3,(H,24,27). The van der Waals surface area contributed by atoms with Crippen LogP contribution in [0.25, 0.3) is 10.8 Å². The number of carbonyl (C=O) groups is 2. The number of hydrogen-bond acceptors (Lipinski definition) is 4. The molecule has 3 rings (SSSR count). The van der Waals surface area contributed by atoms with Gasteiger partial charge in [-0.2, -0.15) is 0 Å². The lowest BCUT2D eigenvalue weighted by Crippen LogP contribution is -2.27. The van der Waals surface area contributed by atoms with Crippen LogP contribution in [0.15, 0.2) is 60.7 Å². The van der Waals surface area contributed by atoms with E-state index in [9.17, 15) is 9.59 Å². The van der Waals surface area contributed by atoms with Crippen molar-refractivity contribution in [1.82, 2.24) is 10.2 Å². The number of fused-ring (bicyclic) bond motifs is 1. The molecule has 0 aliphatic rings. The van der Waals surface area contributed by atoms with Crippen molar-refractivity contribution in [2.75, 3.05) is 27.8 Å². The minimum atomic E-state index is -0.147. The van der Waals surface area contributed by atoms with Crippen LogP contribution in [-0.2, 0) is 11.3 Å². The SMILES string of the molecule is COc1cc(CNC(=O)c2ccc3ccccc3c2)ccc1OCC(=O)N(C)C. The zero-order chi connectivity index (χ0) is 20.8. The van der Waals surface area contributed by atoms with Crippen LogP contribution >= 0.6 is 0 Å². The molecule has 0 heterocycles. The molecule has 1 N–H and O–H groups in total. The third-order valence-electron chi connectivity index (χ3n) is 4.54. The molecule has 0 radical (unpaired) electrons. The molecule has 0 aliphatic heterocycles. The summed E-state index contributed by atoms with van der Waals surface area (Å²) in [5.41, 5.74) is 1.47. The third kappa shape index (κ3) is 5.04. The van der Waals surface area contributed by atoms with Crippen molar-refractivity contribution in [2.24, 2.45) is 0 Å². The molecule has 0 aromatic heterocycles. The Kier molecular flexibility index (Phi) is 6.34. The fourth-order valence-electron chi connectivity index (χ4n) is 2.82. The summed E-state index contributed by atoms with van der Waals surface area (Å²) in [6.07, 6.45) is 0. The lowest BCUT2D eigenvalue weighted by atomic mass is 10.1. The molecule has 2 amide bonds. The van der Waals surface area contributed by atoms with Crippen molar-refractivity contribution < 1.29 is 19.1 Å². The van der Waals surface area contributed by atoms with E-state index in [0.717, 1.165) is 16.3 Å². The maximum atomic E-state index is 12.5. The number of ether oxygens (including phenoxy) is 2. The number of benzene rings is 3. The summed E-state index contributed by atoms with van der Waals surface area (Å²) in [5, 5.41) is 5.04. The van der Waals surface area contributed by atoms with E-state index in [-0.39, 0.29) is 18.4 Å². The van der Waals surface area contributed by atoms with Crippen molar-refractivity contribution in [3.63, 3.8) is 0 Å². The monoisotopic (exact) mass is 392 g/mol. The predicted octanol–water partition coefficient (Wildman–Crippen LogP) is 3.25. The Morgan fingerprint density at radius 3 is 2.41 bits per heavy atom. The minimum absolute atomic E-state index is 0.0680. The second-order valence-electron chi connectivity index (χ2n) is 6.81. The van der Waals surface area contributed by atoms with Crippen LogP contribution in [0.3, 0.4) is 0 Å². The molecule has 0 saturated heterocycles. The van der Waals surface area contributed by atoms with E-state index < -0.39 is 0 Å². The molecule has 3 aromatic carbocycles. The highest BCUT2D eigenvalue weighted by Crippen LogP contribution is 2.28. The Morgan fingerprint density at radius 2 is 1.69 bits per heavy atom. The molecule has 0 saturated carbocycles. The zero-order valence-corrected chi connectivity index (χ0v) is 16.8. The average Bonchev–Trinajstić information content (AvgIpc) is 2.75. The first-order chi connectivity index (χ1) is 14.0. The first-order valence-corrected chi connectivity index (χ1v) is 9.25. The van der Waals surface area contributed by atoms with E-state index in [0.29, 0.717) is 23.6 Å². The van der Waals surface area contributed by atoms with Gasteiger partial charge in [0.25, 0.3) is 11.8 Å². The second kappa shape index (κ2) is 9.10. The summed E-state index contributed by atoms with van der Waals surface area (Å²) in [4.78, 5) is 25.7. The van der Waals surface area contributed by atoms with Crippen LogP contribution in [0.2, 0.25) is 0 Å². The summed E-state index contributed by atoms with van der Waals surface area (Å²) >= 11 is 0. The van der Waals surface area contributed by atoms with Gasteiger partial charge >= 0.3 is 0 Å². The van der Waals surface area contributed by atoms with E-state index in [1.54, 1.807) is 26.2 Å².